The van der Waals surface area contributed by atoms with E-state index in [0.29, 0.717) is 6.04 Å². The summed E-state index contributed by atoms with van der Waals surface area (Å²) in [4.78, 5) is 0. The lowest BCUT2D eigenvalue weighted by Gasteiger charge is -2.37. The molecular weight excluding hydrogens is 186 g/mol. The zero-order valence-electron chi connectivity index (χ0n) is 11.6. The van der Waals surface area contributed by atoms with Crippen LogP contribution in [-0.2, 0) is 4.74 Å². The molecule has 0 aliphatic rings. The molecule has 3 unspecified atom stereocenters. The van der Waals surface area contributed by atoms with Gasteiger partial charge in [-0.2, -0.15) is 0 Å². The summed E-state index contributed by atoms with van der Waals surface area (Å²) in [6, 6.07) is 0.449. The van der Waals surface area contributed by atoms with E-state index in [-0.39, 0.29) is 11.5 Å². The van der Waals surface area contributed by atoms with Gasteiger partial charge in [0.25, 0.3) is 0 Å². The molecular formula is C13H29NO. The van der Waals surface area contributed by atoms with Crippen LogP contribution in [0.2, 0.25) is 0 Å². The molecule has 0 rings (SSSR count). The second kappa shape index (κ2) is 6.49. The minimum atomic E-state index is 0.190. The Morgan fingerprint density at radius 2 is 1.80 bits per heavy atom. The third kappa shape index (κ3) is 4.98. The van der Waals surface area contributed by atoms with Crippen molar-refractivity contribution >= 4 is 0 Å². The first-order valence-corrected chi connectivity index (χ1v) is 6.06. The summed E-state index contributed by atoms with van der Waals surface area (Å²) in [6.45, 7) is 11.3. The van der Waals surface area contributed by atoms with Crippen LogP contribution in [-0.4, -0.2) is 26.3 Å². The highest BCUT2D eigenvalue weighted by Gasteiger charge is 2.31. The Kier molecular flexibility index (Phi) is 6.46. The normalized spacial score (nSPS) is 18.6. The third-order valence-electron chi connectivity index (χ3n) is 3.20. The van der Waals surface area contributed by atoms with Gasteiger partial charge >= 0.3 is 0 Å². The molecule has 0 aliphatic carbocycles. The molecule has 2 heteroatoms. The van der Waals surface area contributed by atoms with Gasteiger partial charge < -0.3 is 10.1 Å². The number of rotatable bonds is 6. The van der Waals surface area contributed by atoms with Crippen LogP contribution in [0.25, 0.3) is 0 Å². The largest absolute Gasteiger partial charge is 0.379 e. The molecule has 15 heavy (non-hydrogen) atoms. The van der Waals surface area contributed by atoms with Crippen molar-refractivity contribution in [3.63, 3.8) is 0 Å². The summed E-state index contributed by atoms with van der Waals surface area (Å²) in [6.07, 6.45) is 2.69. The molecule has 0 fully saturated rings. The van der Waals surface area contributed by atoms with Crippen molar-refractivity contribution in [2.75, 3.05) is 14.2 Å². The molecule has 0 spiro atoms. The number of methoxy groups -OCH3 is 1. The summed E-state index contributed by atoms with van der Waals surface area (Å²) in [5.41, 5.74) is 0.190. The second-order valence-electron chi connectivity index (χ2n) is 5.67. The van der Waals surface area contributed by atoms with E-state index in [0.717, 1.165) is 5.92 Å². The predicted octanol–water partition coefficient (Wildman–Crippen LogP) is 3.07. The summed E-state index contributed by atoms with van der Waals surface area (Å²) < 4.78 is 5.65. The van der Waals surface area contributed by atoms with E-state index >= 15 is 0 Å². The molecule has 3 atom stereocenters. The molecule has 1 N–H and O–H groups in total. The average Bonchev–Trinajstić information content (AvgIpc) is 2.14. The first-order valence-electron chi connectivity index (χ1n) is 6.06. The third-order valence-corrected chi connectivity index (χ3v) is 3.20. The van der Waals surface area contributed by atoms with Gasteiger partial charge in [-0.15, -0.1) is 0 Å². The highest BCUT2D eigenvalue weighted by atomic mass is 16.5. The molecule has 92 valence electrons. The maximum absolute atomic E-state index is 5.65. The van der Waals surface area contributed by atoms with E-state index in [2.05, 4.69) is 39.9 Å². The Labute approximate surface area is 95.8 Å². The highest BCUT2D eigenvalue weighted by molar-refractivity contribution is 4.86. The van der Waals surface area contributed by atoms with Gasteiger partial charge in [-0.05, 0) is 24.8 Å². The SMILES string of the molecule is CCC(C)CC(NC)C(OC)C(C)(C)C. The van der Waals surface area contributed by atoms with Crippen molar-refractivity contribution in [2.45, 2.75) is 59.6 Å². The van der Waals surface area contributed by atoms with Crippen molar-refractivity contribution in [3.05, 3.63) is 0 Å². The van der Waals surface area contributed by atoms with E-state index in [4.69, 9.17) is 4.74 Å². The van der Waals surface area contributed by atoms with Crippen LogP contribution < -0.4 is 5.32 Å². The molecule has 0 radical (unpaired) electrons. The van der Waals surface area contributed by atoms with Crippen molar-refractivity contribution < 1.29 is 4.74 Å². The van der Waals surface area contributed by atoms with Crippen molar-refractivity contribution in [1.82, 2.24) is 5.32 Å². The second-order valence-corrected chi connectivity index (χ2v) is 5.67. The van der Waals surface area contributed by atoms with E-state index < -0.39 is 0 Å². The first kappa shape index (κ1) is 14.9. The summed E-state index contributed by atoms with van der Waals surface area (Å²) in [5.74, 6) is 0.752. The standard InChI is InChI=1S/C13H29NO/c1-8-10(2)9-11(14-6)12(15-7)13(3,4)5/h10-12,14H,8-9H2,1-7H3. The van der Waals surface area contributed by atoms with Gasteiger partial charge in [0.15, 0.2) is 0 Å². The Morgan fingerprint density at radius 1 is 1.27 bits per heavy atom. The fourth-order valence-electron chi connectivity index (χ4n) is 2.11. The molecule has 0 aromatic rings. The summed E-state index contributed by atoms with van der Waals surface area (Å²) in [5, 5.41) is 3.40. The molecule has 0 saturated heterocycles. The fourth-order valence-corrected chi connectivity index (χ4v) is 2.11. The Morgan fingerprint density at radius 3 is 2.07 bits per heavy atom. The maximum atomic E-state index is 5.65. The van der Waals surface area contributed by atoms with Gasteiger partial charge in [0.2, 0.25) is 0 Å². The predicted molar refractivity (Wildman–Crippen MR) is 67.2 cm³/mol. The topological polar surface area (TPSA) is 21.3 Å². The molecule has 0 aliphatic heterocycles. The van der Waals surface area contributed by atoms with Crippen LogP contribution in [0.15, 0.2) is 0 Å². The summed E-state index contributed by atoms with van der Waals surface area (Å²) in [7, 11) is 3.85. The number of hydrogen-bond acceptors (Lipinski definition) is 2. The van der Waals surface area contributed by atoms with Gasteiger partial charge in [-0.1, -0.05) is 41.0 Å². The van der Waals surface area contributed by atoms with Gasteiger partial charge in [-0.25, -0.2) is 0 Å². The molecule has 2 nitrogen and oxygen atoms in total. The zero-order chi connectivity index (χ0) is 12.1. The van der Waals surface area contributed by atoms with E-state index in [1.165, 1.54) is 12.8 Å². The molecule has 0 amide bonds. The average molecular weight is 215 g/mol. The lowest BCUT2D eigenvalue weighted by molar-refractivity contribution is -0.0146. The van der Waals surface area contributed by atoms with Crippen LogP contribution in [0.4, 0.5) is 0 Å². The van der Waals surface area contributed by atoms with Gasteiger partial charge in [-0.3, -0.25) is 0 Å². The first-order chi connectivity index (χ1) is 6.86. The van der Waals surface area contributed by atoms with Crippen molar-refractivity contribution in [1.29, 1.82) is 0 Å². The van der Waals surface area contributed by atoms with Crippen LogP contribution in [0, 0.1) is 11.3 Å². The maximum Gasteiger partial charge on any atom is 0.0772 e. The van der Waals surface area contributed by atoms with E-state index in [1.54, 1.807) is 0 Å². The van der Waals surface area contributed by atoms with Crippen molar-refractivity contribution in [3.8, 4) is 0 Å². The van der Waals surface area contributed by atoms with Crippen LogP contribution in [0.3, 0.4) is 0 Å². The van der Waals surface area contributed by atoms with Crippen LogP contribution in [0.5, 0.6) is 0 Å². The molecule has 0 aromatic heterocycles. The lowest BCUT2D eigenvalue weighted by atomic mass is 9.81. The molecule has 0 saturated carbocycles. The van der Waals surface area contributed by atoms with Crippen LogP contribution >= 0.6 is 0 Å². The van der Waals surface area contributed by atoms with Gasteiger partial charge in [0.05, 0.1) is 6.10 Å². The minimum Gasteiger partial charge on any atom is -0.379 e. The number of hydrogen-bond donors (Lipinski definition) is 1. The monoisotopic (exact) mass is 215 g/mol. The summed E-state index contributed by atoms with van der Waals surface area (Å²) >= 11 is 0. The molecule has 0 aromatic carbocycles. The Bertz CT molecular complexity index is 162. The number of ether oxygens (including phenoxy) is 1. The minimum absolute atomic E-state index is 0.190. The molecule has 0 bridgehead atoms. The van der Waals surface area contributed by atoms with Crippen molar-refractivity contribution in [2.24, 2.45) is 11.3 Å². The highest BCUT2D eigenvalue weighted by Crippen LogP contribution is 2.27. The number of likely N-dealkylation sites (N-methyl/N-ethyl adjacent to an activating group) is 1. The smallest absolute Gasteiger partial charge is 0.0772 e. The van der Waals surface area contributed by atoms with Gasteiger partial charge in [0, 0.05) is 13.2 Å². The Balaban J connectivity index is 4.48. The van der Waals surface area contributed by atoms with Crippen LogP contribution in [0.1, 0.15) is 47.5 Å². The zero-order valence-corrected chi connectivity index (χ0v) is 11.6. The number of nitrogens with one attached hydrogen (secondary N) is 1. The Hall–Kier alpha value is -0.0800. The molecule has 0 heterocycles. The van der Waals surface area contributed by atoms with E-state index in [9.17, 15) is 0 Å². The van der Waals surface area contributed by atoms with Gasteiger partial charge in [0.1, 0.15) is 0 Å². The fraction of sp³-hybridized carbons (Fsp3) is 1.00. The quantitative estimate of drug-likeness (QED) is 0.735. The van der Waals surface area contributed by atoms with E-state index in [1.807, 2.05) is 14.2 Å². The lowest BCUT2D eigenvalue weighted by Crippen LogP contribution is -2.47.